The smallest absolute Gasteiger partial charge is 0.0992 e. The number of aliphatic hydroxyl groups excluding tert-OH is 2. The second kappa shape index (κ2) is 6.23. The van der Waals surface area contributed by atoms with Gasteiger partial charge in [-0.05, 0) is 26.0 Å². The van der Waals surface area contributed by atoms with Gasteiger partial charge in [0.15, 0.2) is 0 Å². The van der Waals surface area contributed by atoms with Crippen LogP contribution in [0.1, 0.15) is 31.1 Å². The number of rotatable bonds is 3. The minimum Gasteiger partial charge on any atom is -0.394 e. The van der Waals surface area contributed by atoms with Gasteiger partial charge in [-0.2, -0.15) is 5.26 Å². The van der Waals surface area contributed by atoms with Crippen molar-refractivity contribution in [3.63, 3.8) is 0 Å². The highest BCUT2D eigenvalue weighted by Crippen LogP contribution is 2.30. The first kappa shape index (κ1) is 14.8. The molecule has 2 unspecified atom stereocenters. The van der Waals surface area contributed by atoms with Crippen molar-refractivity contribution in [2.75, 3.05) is 24.6 Å². The van der Waals surface area contributed by atoms with E-state index in [9.17, 15) is 10.2 Å². The third kappa shape index (κ3) is 3.10. The Morgan fingerprint density at radius 1 is 1.50 bits per heavy atom. The standard InChI is InChI=1S/C15H20N2O3/c1-10-7-17(8-13(9-18)20-10)15-5-12(6-16)3-4-14(15)11(2)19/h3-5,10-11,13,18-19H,7-9H2,1-2H3/t10?,11-,13?/m1/s1. The molecule has 1 aliphatic heterocycles. The number of nitriles is 1. The average Bonchev–Trinajstić information content (AvgIpc) is 2.45. The number of anilines is 1. The topological polar surface area (TPSA) is 76.7 Å². The van der Waals surface area contributed by atoms with E-state index in [1.165, 1.54) is 0 Å². The van der Waals surface area contributed by atoms with Crippen LogP contribution < -0.4 is 4.90 Å². The van der Waals surface area contributed by atoms with Gasteiger partial charge < -0.3 is 19.8 Å². The van der Waals surface area contributed by atoms with Crippen LogP contribution in [0.3, 0.4) is 0 Å². The predicted molar refractivity (Wildman–Crippen MR) is 75.4 cm³/mol. The van der Waals surface area contributed by atoms with Crippen LogP contribution in [0.2, 0.25) is 0 Å². The molecule has 0 radical (unpaired) electrons. The number of benzene rings is 1. The van der Waals surface area contributed by atoms with Crippen LogP contribution in [-0.2, 0) is 4.74 Å². The summed E-state index contributed by atoms with van der Waals surface area (Å²) in [6, 6.07) is 7.40. The van der Waals surface area contributed by atoms with Crippen LogP contribution in [0, 0.1) is 11.3 Å². The summed E-state index contributed by atoms with van der Waals surface area (Å²) < 4.78 is 5.62. The molecule has 1 saturated heterocycles. The molecule has 0 amide bonds. The van der Waals surface area contributed by atoms with E-state index in [1.807, 2.05) is 6.92 Å². The first-order valence-electron chi connectivity index (χ1n) is 6.78. The number of morpholine rings is 1. The molecular weight excluding hydrogens is 256 g/mol. The molecule has 0 bridgehead atoms. The normalized spacial score (nSPS) is 24.2. The molecule has 5 heteroatoms. The first-order valence-corrected chi connectivity index (χ1v) is 6.78. The predicted octanol–water partition coefficient (Wildman–Crippen LogP) is 1.20. The van der Waals surface area contributed by atoms with E-state index in [4.69, 9.17) is 10.00 Å². The minimum atomic E-state index is -0.608. The summed E-state index contributed by atoms with van der Waals surface area (Å²) in [6.07, 6.45) is -0.858. The van der Waals surface area contributed by atoms with Gasteiger partial charge in [-0.1, -0.05) is 6.07 Å². The molecule has 1 heterocycles. The summed E-state index contributed by atoms with van der Waals surface area (Å²) >= 11 is 0. The number of aliphatic hydroxyl groups is 2. The molecule has 1 aromatic rings. The number of ether oxygens (including phenoxy) is 1. The summed E-state index contributed by atoms with van der Waals surface area (Å²) in [4.78, 5) is 2.07. The first-order chi connectivity index (χ1) is 9.55. The highest BCUT2D eigenvalue weighted by atomic mass is 16.5. The molecule has 0 aromatic heterocycles. The van der Waals surface area contributed by atoms with Gasteiger partial charge in [-0.15, -0.1) is 0 Å². The Labute approximate surface area is 119 Å². The summed E-state index contributed by atoms with van der Waals surface area (Å²) in [5.74, 6) is 0. The van der Waals surface area contributed by atoms with Gasteiger partial charge in [0.1, 0.15) is 0 Å². The highest BCUT2D eigenvalue weighted by Gasteiger charge is 2.27. The van der Waals surface area contributed by atoms with Crippen molar-refractivity contribution in [3.8, 4) is 6.07 Å². The molecular formula is C15H20N2O3. The zero-order chi connectivity index (χ0) is 14.7. The summed E-state index contributed by atoms with van der Waals surface area (Å²) in [5.41, 5.74) is 2.19. The van der Waals surface area contributed by atoms with Crippen molar-refractivity contribution < 1.29 is 14.9 Å². The Hall–Kier alpha value is -1.61. The van der Waals surface area contributed by atoms with Gasteiger partial charge in [-0.25, -0.2) is 0 Å². The quantitative estimate of drug-likeness (QED) is 0.867. The molecule has 1 aromatic carbocycles. The van der Waals surface area contributed by atoms with Crippen LogP contribution in [0.4, 0.5) is 5.69 Å². The minimum absolute atomic E-state index is 0.00603. The summed E-state index contributed by atoms with van der Waals surface area (Å²) in [5, 5.41) is 28.2. The van der Waals surface area contributed by atoms with Crippen molar-refractivity contribution in [2.45, 2.75) is 32.2 Å². The third-order valence-electron chi connectivity index (χ3n) is 3.48. The molecule has 0 aliphatic carbocycles. The lowest BCUT2D eigenvalue weighted by molar-refractivity contribution is -0.0422. The van der Waals surface area contributed by atoms with E-state index in [2.05, 4.69) is 11.0 Å². The zero-order valence-corrected chi connectivity index (χ0v) is 11.8. The molecule has 1 aliphatic rings. The lowest BCUT2D eigenvalue weighted by atomic mass is 10.0. The summed E-state index contributed by atoms with van der Waals surface area (Å²) in [6.45, 7) is 4.84. The van der Waals surface area contributed by atoms with Crippen LogP contribution in [0.25, 0.3) is 0 Å². The van der Waals surface area contributed by atoms with Crippen LogP contribution in [0.15, 0.2) is 18.2 Å². The van der Waals surface area contributed by atoms with E-state index in [0.717, 1.165) is 11.3 Å². The lowest BCUT2D eigenvalue weighted by Gasteiger charge is -2.38. The molecule has 3 atom stereocenters. The Bertz CT molecular complexity index is 510. The highest BCUT2D eigenvalue weighted by molar-refractivity contribution is 5.59. The van der Waals surface area contributed by atoms with Gasteiger partial charge in [0, 0.05) is 24.3 Å². The van der Waals surface area contributed by atoms with E-state index in [0.29, 0.717) is 18.7 Å². The second-order valence-electron chi connectivity index (χ2n) is 5.22. The number of nitrogens with zero attached hydrogens (tertiary/aromatic N) is 2. The Morgan fingerprint density at radius 2 is 2.25 bits per heavy atom. The summed E-state index contributed by atoms with van der Waals surface area (Å²) in [7, 11) is 0. The van der Waals surface area contributed by atoms with Crippen LogP contribution >= 0.6 is 0 Å². The second-order valence-corrected chi connectivity index (χ2v) is 5.22. The van der Waals surface area contributed by atoms with E-state index in [-0.39, 0.29) is 18.8 Å². The maximum Gasteiger partial charge on any atom is 0.0992 e. The molecule has 108 valence electrons. The third-order valence-corrected chi connectivity index (χ3v) is 3.48. The van der Waals surface area contributed by atoms with Crippen molar-refractivity contribution in [3.05, 3.63) is 29.3 Å². The largest absolute Gasteiger partial charge is 0.394 e. The van der Waals surface area contributed by atoms with Gasteiger partial charge in [0.05, 0.1) is 36.6 Å². The zero-order valence-electron chi connectivity index (χ0n) is 11.8. The molecule has 20 heavy (non-hydrogen) atoms. The lowest BCUT2D eigenvalue weighted by Crippen LogP contribution is -2.48. The van der Waals surface area contributed by atoms with E-state index in [1.54, 1.807) is 25.1 Å². The van der Waals surface area contributed by atoms with Crippen LogP contribution in [0.5, 0.6) is 0 Å². The average molecular weight is 276 g/mol. The SMILES string of the molecule is CC1CN(c2cc(C#N)ccc2[C@@H](C)O)CC(CO)O1. The van der Waals surface area contributed by atoms with Crippen molar-refractivity contribution in [1.82, 2.24) is 0 Å². The monoisotopic (exact) mass is 276 g/mol. The number of hydrogen-bond donors (Lipinski definition) is 2. The molecule has 0 spiro atoms. The van der Waals surface area contributed by atoms with Crippen molar-refractivity contribution in [2.24, 2.45) is 0 Å². The maximum atomic E-state index is 9.90. The fraction of sp³-hybridized carbons (Fsp3) is 0.533. The van der Waals surface area contributed by atoms with Gasteiger partial charge >= 0.3 is 0 Å². The molecule has 1 fully saturated rings. The molecule has 5 nitrogen and oxygen atoms in total. The number of hydrogen-bond acceptors (Lipinski definition) is 5. The maximum absolute atomic E-state index is 9.90. The van der Waals surface area contributed by atoms with Crippen LogP contribution in [-0.4, -0.2) is 42.1 Å². The van der Waals surface area contributed by atoms with Gasteiger partial charge in [0.2, 0.25) is 0 Å². The molecule has 2 rings (SSSR count). The molecule has 2 N–H and O–H groups in total. The van der Waals surface area contributed by atoms with Crippen molar-refractivity contribution >= 4 is 5.69 Å². The van der Waals surface area contributed by atoms with Gasteiger partial charge in [0.25, 0.3) is 0 Å². The van der Waals surface area contributed by atoms with E-state index < -0.39 is 6.10 Å². The van der Waals surface area contributed by atoms with E-state index >= 15 is 0 Å². The fourth-order valence-corrected chi connectivity index (χ4v) is 2.58. The molecule has 0 saturated carbocycles. The van der Waals surface area contributed by atoms with Crippen molar-refractivity contribution in [1.29, 1.82) is 5.26 Å². The van der Waals surface area contributed by atoms with Gasteiger partial charge in [-0.3, -0.25) is 0 Å². The Morgan fingerprint density at radius 3 is 2.85 bits per heavy atom. The fourth-order valence-electron chi connectivity index (χ4n) is 2.58. The Kier molecular flexibility index (Phi) is 4.61. The Balaban J connectivity index is 2.36.